The fraction of sp³-hybridized carbons (Fsp3) is 0.893. The first-order chi connectivity index (χ1) is 17.1. The van der Waals surface area contributed by atoms with Crippen LogP contribution in [0.5, 0.6) is 0 Å². The summed E-state index contributed by atoms with van der Waals surface area (Å²) in [4.78, 5) is 34.8. The van der Waals surface area contributed by atoms with Crippen LogP contribution in [0.15, 0.2) is 0 Å². The van der Waals surface area contributed by atoms with Crippen molar-refractivity contribution in [3.8, 4) is 0 Å². The highest BCUT2D eigenvalue weighted by molar-refractivity contribution is 5.70. The summed E-state index contributed by atoms with van der Waals surface area (Å²) in [6.45, 7) is 3.66. The first-order valence-corrected chi connectivity index (χ1v) is 14.0. The van der Waals surface area contributed by atoms with Gasteiger partial charge in [0.1, 0.15) is 12.6 Å². The van der Waals surface area contributed by atoms with E-state index in [1.54, 1.807) is 21.1 Å². The van der Waals surface area contributed by atoms with Crippen molar-refractivity contribution >= 4 is 17.9 Å². The Balaban J connectivity index is 4.04. The summed E-state index contributed by atoms with van der Waals surface area (Å²) in [5.41, 5.74) is 0. The highest BCUT2D eigenvalue weighted by Crippen LogP contribution is 2.13. The Hall–Kier alpha value is -1.67. The molecule has 36 heavy (non-hydrogen) atoms. The SMILES string of the molecule is CCCCCCCCCCCCCCCC(=O)OC(COCCC(C(=O)[O-])[N+](C)(C)C)COC(C)=O. The van der Waals surface area contributed by atoms with Crippen LogP contribution in [0.4, 0.5) is 0 Å². The number of quaternary nitrogens is 1. The van der Waals surface area contributed by atoms with E-state index in [-0.39, 0.29) is 36.7 Å². The zero-order valence-corrected chi connectivity index (χ0v) is 23.7. The van der Waals surface area contributed by atoms with Crippen LogP contribution in [-0.4, -0.2) is 75.5 Å². The summed E-state index contributed by atoms with van der Waals surface area (Å²) < 4.78 is 16.2. The maximum absolute atomic E-state index is 12.3. The first-order valence-electron chi connectivity index (χ1n) is 14.0. The molecule has 0 aromatic carbocycles. The zero-order chi connectivity index (χ0) is 27.2. The molecule has 0 aliphatic heterocycles. The second-order valence-electron chi connectivity index (χ2n) is 10.7. The van der Waals surface area contributed by atoms with E-state index in [0.717, 1.165) is 19.3 Å². The van der Waals surface area contributed by atoms with Crippen molar-refractivity contribution in [2.24, 2.45) is 0 Å². The Bertz CT molecular complexity index is 589. The largest absolute Gasteiger partial charge is 0.544 e. The average Bonchev–Trinajstić information content (AvgIpc) is 2.78. The van der Waals surface area contributed by atoms with Gasteiger partial charge in [0.25, 0.3) is 0 Å². The van der Waals surface area contributed by atoms with Crippen LogP contribution in [0.25, 0.3) is 0 Å². The van der Waals surface area contributed by atoms with Crippen molar-refractivity contribution in [1.82, 2.24) is 0 Å². The fourth-order valence-electron chi connectivity index (χ4n) is 4.09. The summed E-state index contributed by atoms with van der Waals surface area (Å²) >= 11 is 0. The lowest BCUT2D eigenvalue weighted by Crippen LogP contribution is -2.55. The number of likely N-dealkylation sites (N-methyl/N-ethyl adjacent to an activating group) is 1. The average molecular weight is 516 g/mol. The lowest BCUT2D eigenvalue weighted by Gasteiger charge is -2.34. The Labute approximate surface area is 219 Å². The summed E-state index contributed by atoms with van der Waals surface area (Å²) in [6.07, 6.45) is 16.0. The molecule has 0 heterocycles. The number of ether oxygens (including phenoxy) is 3. The predicted molar refractivity (Wildman–Crippen MR) is 139 cm³/mol. The first kappa shape index (κ1) is 34.3. The number of carboxylic acid groups (broad SMARTS) is 1. The molecule has 0 amide bonds. The summed E-state index contributed by atoms with van der Waals surface area (Å²) in [5.74, 6) is -1.93. The van der Waals surface area contributed by atoms with E-state index in [1.807, 2.05) is 0 Å². The standard InChI is InChI=1S/C28H53NO7/c1-6-7-8-9-10-11-12-13-14-15-16-17-18-19-27(31)36-25(23-35-24(2)30)22-34-21-20-26(28(32)33)29(3,4)5/h25-26H,6-23H2,1-5H3. The topological polar surface area (TPSA) is 102 Å². The van der Waals surface area contributed by atoms with E-state index >= 15 is 0 Å². The van der Waals surface area contributed by atoms with Gasteiger partial charge in [0, 0.05) is 19.8 Å². The minimum absolute atomic E-state index is 0.0362. The van der Waals surface area contributed by atoms with Gasteiger partial charge < -0.3 is 28.6 Å². The van der Waals surface area contributed by atoms with Crippen LogP contribution in [0, 0.1) is 0 Å². The van der Waals surface area contributed by atoms with Crippen LogP contribution in [0.3, 0.4) is 0 Å². The molecule has 0 spiro atoms. The number of hydrogen-bond acceptors (Lipinski definition) is 7. The Morgan fingerprint density at radius 2 is 1.28 bits per heavy atom. The number of rotatable bonds is 24. The van der Waals surface area contributed by atoms with Crippen LogP contribution in [0.1, 0.15) is 110 Å². The van der Waals surface area contributed by atoms with Crippen LogP contribution >= 0.6 is 0 Å². The maximum atomic E-state index is 12.3. The van der Waals surface area contributed by atoms with Gasteiger partial charge in [-0.3, -0.25) is 9.59 Å². The van der Waals surface area contributed by atoms with E-state index in [4.69, 9.17) is 14.2 Å². The van der Waals surface area contributed by atoms with Crippen molar-refractivity contribution < 1.29 is 38.2 Å². The molecule has 8 nitrogen and oxygen atoms in total. The molecule has 0 fully saturated rings. The molecule has 212 valence electrons. The van der Waals surface area contributed by atoms with E-state index in [2.05, 4.69) is 6.92 Å². The third-order valence-electron chi connectivity index (χ3n) is 6.30. The number of carbonyl (C=O) groups excluding carboxylic acids is 3. The quantitative estimate of drug-likeness (QED) is 0.108. The summed E-state index contributed by atoms with van der Waals surface area (Å²) in [6, 6.07) is -0.713. The number of aliphatic carboxylic acids is 1. The lowest BCUT2D eigenvalue weighted by molar-refractivity contribution is -0.889. The number of esters is 2. The van der Waals surface area contributed by atoms with E-state index < -0.39 is 24.1 Å². The van der Waals surface area contributed by atoms with Gasteiger partial charge in [0.2, 0.25) is 0 Å². The van der Waals surface area contributed by atoms with Crippen molar-refractivity contribution in [2.75, 3.05) is 41.0 Å². The van der Waals surface area contributed by atoms with E-state index in [9.17, 15) is 19.5 Å². The van der Waals surface area contributed by atoms with Crippen LogP contribution in [0.2, 0.25) is 0 Å². The Morgan fingerprint density at radius 1 is 0.778 bits per heavy atom. The van der Waals surface area contributed by atoms with E-state index in [0.29, 0.717) is 6.42 Å². The molecule has 8 heteroatoms. The van der Waals surface area contributed by atoms with Crippen molar-refractivity contribution in [2.45, 2.75) is 122 Å². The molecule has 0 N–H and O–H groups in total. The smallest absolute Gasteiger partial charge is 0.306 e. The Morgan fingerprint density at radius 3 is 1.72 bits per heavy atom. The minimum atomic E-state index is -1.13. The number of unbranched alkanes of at least 4 members (excludes halogenated alkanes) is 12. The molecule has 0 rings (SSSR count). The van der Waals surface area contributed by atoms with Crippen molar-refractivity contribution in [3.05, 3.63) is 0 Å². The van der Waals surface area contributed by atoms with Crippen molar-refractivity contribution in [1.29, 1.82) is 0 Å². The molecule has 0 aromatic heterocycles. The molecule has 0 saturated heterocycles. The third-order valence-corrected chi connectivity index (χ3v) is 6.30. The third kappa shape index (κ3) is 20.5. The Kier molecular flexibility index (Phi) is 20.4. The highest BCUT2D eigenvalue weighted by atomic mass is 16.6. The van der Waals surface area contributed by atoms with Gasteiger partial charge in [-0.25, -0.2) is 0 Å². The normalized spacial score (nSPS) is 13.2. The lowest BCUT2D eigenvalue weighted by atomic mass is 10.0. The highest BCUT2D eigenvalue weighted by Gasteiger charge is 2.25. The zero-order valence-electron chi connectivity index (χ0n) is 23.7. The van der Waals surface area contributed by atoms with E-state index in [1.165, 1.54) is 71.1 Å². The maximum Gasteiger partial charge on any atom is 0.306 e. The van der Waals surface area contributed by atoms with Gasteiger partial charge in [-0.2, -0.15) is 0 Å². The van der Waals surface area contributed by atoms with Crippen LogP contribution < -0.4 is 5.11 Å². The summed E-state index contributed by atoms with van der Waals surface area (Å²) in [7, 11) is 5.34. The molecule has 0 aromatic rings. The number of hydrogen-bond donors (Lipinski definition) is 0. The van der Waals surface area contributed by atoms with Crippen LogP contribution in [-0.2, 0) is 28.6 Å². The number of carboxylic acids is 1. The van der Waals surface area contributed by atoms with Gasteiger partial charge in [-0.1, -0.05) is 84.0 Å². The molecule has 0 aliphatic rings. The van der Waals surface area contributed by atoms with Gasteiger partial charge in [-0.15, -0.1) is 0 Å². The fourth-order valence-corrected chi connectivity index (χ4v) is 4.09. The predicted octanol–water partition coefficient (Wildman–Crippen LogP) is 4.17. The molecule has 2 unspecified atom stereocenters. The van der Waals surface area contributed by atoms with Crippen molar-refractivity contribution in [3.63, 3.8) is 0 Å². The number of carbonyl (C=O) groups is 3. The second kappa shape index (κ2) is 21.4. The second-order valence-corrected chi connectivity index (χ2v) is 10.7. The molecule has 2 atom stereocenters. The van der Waals surface area contributed by atoms with Gasteiger partial charge in [0.15, 0.2) is 6.10 Å². The molecular formula is C28H53NO7. The van der Waals surface area contributed by atoms with Gasteiger partial charge in [0.05, 0.1) is 40.3 Å². The molecular weight excluding hydrogens is 462 g/mol. The monoisotopic (exact) mass is 515 g/mol. The van der Waals surface area contributed by atoms with Gasteiger partial charge >= 0.3 is 11.9 Å². The van der Waals surface area contributed by atoms with Gasteiger partial charge in [-0.05, 0) is 6.42 Å². The molecule has 0 aliphatic carbocycles. The molecule has 0 bridgehead atoms. The summed E-state index contributed by atoms with van der Waals surface area (Å²) in [5, 5.41) is 11.4. The number of nitrogens with zero attached hydrogens (tertiary/aromatic N) is 1. The molecule has 0 radical (unpaired) electrons. The minimum Gasteiger partial charge on any atom is -0.544 e. The molecule has 0 saturated carbocycles.